The molecule has 0 aliphatic carbocycles. The number of amides is 1. The number of carbonyl (C=O) groups is 1. The SMILES string of the molecule is CN=C(NCCCNC(=O)c1cccc(Br)c1)NC(C)(C)C. The molecule has 1 aromatic rings. The van der Waals surface area contributed by atoms with Crippen molar-refractivity contribution in [3.05, 3.63) is 34.3 Å². The van der Waals surface area contributed by atoms with Crippen LogP contribution in [0.2, 0.25) is 0 Å². The molecular weight excluding hydrogens is 344 g/mol. The van der Waals surface area contributed by atoms with Crippen LogP contribution in [0.3, 0.4) is 0 Å². The van der Waals surface area contributed by atoms with E-state index in [0.717, 1.165) is 23.4 Å². The third-order valence-electron chi connectivity index (χ3n) is 2.74. The molecular formula is C16H25BrN4O. The van der Waals surface area contributed by atoms with E-state index in [4.69, 9.17) is 0 Å². The van der Waals surface area contributed by atoms with E-state index in [0.29, 0.717) is 12.1 Å². The van der Waals surface area contributed by atoms with Crippen molar-refractivity contribution in [1.82, 2.24) is 16.0 Å². The quantitative estimate of drug-likeness (QED) is 0.425. The van der Waals surface area contributed by atoms with Gasteiger partial charge in [-0.1, -0.05) is 22.0 Å². The summed E-state index contributed by atoms with van der Waals surface area (Å²) in [6, 6.07) is 7.35. The Balaban J connectivity index is 2.26. The number of hydrogen-bond donors (Lipinski definition) is 3. The van der Waals surface area contributed by atoms with Crippen LogP contribution < -0.4 is 16.0 Å². The topological polar surface area (TPSA) is 65.5 Å². The van der Waals surface area contributed by atoms with Crippen LogP contribution in [0.25, 0.3) is 0 Å². The largest absolute Gasteiger partial charge is 0.356 e. The Morgan fingerprint density at radius 2 is 1.91 bits per heavy atom. The summed E-state index contributed by atoms with van der Waals surface area (Å²) < 4.78 is 0.902. The van der Waals surface area contributed by atoms with Crippen LogP contribution in [-0.2, 0) is 0 Å². The van der Waals surface area contributed by atoms with Gasteiger partial charge in [-0.25, -0.2) is 0 Å². The van der Waals surface area contributed by atoms with Gasteiger partial charge in [0.05, 0.1) is 0 Å². The van der Waals surface area contributed by atoms with E-state index in [1.807, 2.05) is 18.2 Å². The highest BCUT2D eigenvalue weighted by Gasteiger charge is 2.11. The molecule has 0 atom stereocenters. The summed E-state index contributed by atoms with van der Waals surface area (Å²) in [6.07, 6.45) is 0.824. The van der Waals surface area contributed by atoms with Crippen LogP contribution in [0, 0.1) is 0 Å². The summed E-state index contributed by atoms with van der Waals surface area (Å²) in [6.45, 7) is 7.60. The van der Waals surface area contributed by atoms with Crippen LogP contribution >= 0.6 is 15.9 Å². The first kappa shape index (κ1) is 18.5. The van der Waals surface area contributed by atoms with Gasteiger partial charge in [0.1, 0.15) is 0 Å². The minimum Gasteiger partial charge on any atom is -0.356 e. The van der Waals surface area contributed by atoms with Gasteiger partial charge in [-0.2, -0.15) is 0 Å². The molecule has 1 aromatic carbocycles. The number of nitrogens with zero attached hydrogens (tertiary/aromatic N) is 1. The molecule has 0 spiro atoms. The van der Waals surface area contributed by atoms with E-state index in [1.54, 1.807) is 13.1 Å². The van der Waals surface area contributed by atoms with Gasteiger partial charge in [0, 0.05) is 35.7 Å². The van der Waals surface area contributed by atoms with E-state index in [9.17, 15) is 4.79 Å². The Kier molecular flexibility index (Phi) is 7.38. The molecule has 22 heavy (non-hydrogen) atoms. The molecule has 122 valence electrons. The number of hydrogen-bond acceptors (Lipinski definition) is 2. The number of halogens is 1. The van der Waals surface area contributed by atoms with E-state index in [2.05, 4.69) is 57.6 Å². The molecule has 0 heterocycles. The second-order valence-corrected chi connectivity index (χ2v) is 6.91. The normalized spacial score (nSPS) is 12.0. The van der Waals surface area contributed by atoms with Crippen LogP contribution in [0.5, 0.6) is 0 Å². The summed E-state index contributed by atoms with van der Waals surface area (Å²) in [5.74, 6) is 0.712. The molecule has 0 bridgehead atoms. The minimum absolute atomic E-state index is 0.0310. The Hall–Kier alpha value is -1.56. The number of carbonyl (C=O) groups excluding carboxylic acids is 1. The third-order valence-corrected chi connectivity index (χ3v) is 3.23. The van der Waals surface area contributed by atoms with Gasteiger partial charge in [0.25, 0.3) is 5.91 Å². The zero-order valence-corrected chi connectivity index (χ0v) is 15.3. The van der Waals surface area contributed by atoms with Gasteiger partial charge in [-0.3, -0.25) is 9.79 Å². The maximum Gasteiger partial charge on any atom is 0.251 e. The summed E-state index contributed by atoms with van der Waals surface area (Å²) >= 11 is 3.36. The molecule has 0 radical (unpaired) electrons. The van der Waals surface area contributed by atoms with Gasteiger partial charge in [-0.15, -0.1) is 0 Å². The first-order chi connectivity index (χ1) is 10.3. The van der Waals surface area contributed by atoms with Crippen molar-refractivity contribution >= 4 is 27.8 Å². The predicted molar refractivity (Wildman–Crippen MR) is 95.3 cm³/mol. The lowest BCUT2D eigenvalue weighted by Crippen LogP contribution is -2.48. The van der Waals surface area contributed by atoms with E-state index < -0.39 is 0 Å². The molecule has 0 aliphatic rings. The molecule has 0 unspecified atom stereocenters. The molecule has 1 rings (SSSR count). The lowest BCUT2D eigenvalue weighted by molar-refractivity contribution is 0.0953. The van der Waals surface area contributed by atoms with E-state index >= 15 is 0 Å². The number of guanidine groups is 1. The molecule has 0 aromatic heterocycles. The van der Waals surface area contributed by atoms with Crippen molar-refractivity contribution in [2.75, 3.05) is 20.1 Å². The molecule has 0 aliphatic heterocycles. The smallest absolute Gasteiger partial charge is 0.251 e. The maximum absolute atomic E-state index is 11.9. The second kappa shape index (κ2) is 8.78. The second-order valence-electron chi connectivity index (χ2n) is 5.99. The zero-order valence-electron chi connectivity index (χ0n) is 13.7. The van der Waals surface area contributed by atoms with Crippen molar-refractivity contribution in [3.8, 4) is 0 Å². The monoisotopic (exact) mass is 368 g/mol. The first-order valence-electron chi connectivity index (χ1n) is 7.34. The standard InChI is InChI=1S/C16H25BrN4O/c1-16(2,3)21-15(18-4)20-10-6-9-19-14(22)12-7-5-8-13(17)11-12/h5,7-8,11H,6,9-10H2,1-4H3,(H,19,22)(H2,18,20,21). The van der Waals surface area contributed by atoms with Crippen LogP contribution in [-0.4, -0.2) is 37.5 Å². The van der Waals surface area contributed by atoms with Crippen molar-refractivity contribution in [2.24, 2.45) is 4.99 Å². The Bertz CT molecular complexity index is 523. The summed E-state index contributed by atoms with van der Waals surface area (Å²) in [4.78, 5) is 16.1. The van der Waals surface area contributed by atoms with Gasteiger partial charge in [0.2, 0.25) is 0 Å². The lowest BCUT2D eigenvalue weighted by atomic mass is 10.1. The minimum atomic E-state index is -0.0569. The van der Waals surface area contributed by atoms with Crippen LogP contribution in [0.15, 0.2) is 33.7 Å². The molecule has 0 saturated carbocycles. The van der Waals surface area contributed by atoms with E-state index in [1.165, 1.54) is 0 Å². The number of aliphatic imine (C=N–C) groups is 1. The van der Waals surface area contributed by atoms with Gasteiger partial charge in [-0.05, 0) is 45.4 Å². The molecule has 6 heteroatoms. The fraction of sp³-hybridized carbons (Fsp3) is 0.500. The van der Waals surface area contributed by atoms with Crippen molar-refractivity contribution in [2.45, 2.75) is 32.7 Å². The Morgan fingerprint density at radius 1 is 1.23 bits per heavy atom. The van der Waals surface area contributed by atoms with Crippen molar-refractivity contribution < 1.29 is 4.79 Å². The number of benzene rings is 1. The average Bonchev–Trinajstić information content (AvgIpc) is 2.44. The average molecular weight is 369 g/mol. The fourth-order valence-electron chi connectivity index (χ4n) is 1.76. The first-order valence-corrected chi connectivity index (χ1v) is 8.14. The summed E-state index contributed by atoms with van der Waals surface area (Å²) in [7, 11) is 1.75. The van der Waals surface area contributed by atoms with Gasteiger partial charge >= 0.3 is 0 Å². The van der Waals surface area contributed by atoms with E-state index in [-0.39, 0.29) is 11.4 Å². The molecule has 0 saturated heterocycles. The highest BCUT2D eigenvalue weighted by atomic mass is 79.9. The molecule has 5 nitrogen and oxygen atoms in total. The van der Waals surface area contributed by atoms with Crippen molar-refractivity contribution in [1.29, 1.82) is 0 Å². The lowest BCUT2D eigenvalue weighted by Gasteiger charge is -2.23. The summed E-state index contributed by atoms with van der Waals surface area (Å²) in [5.41, 5.74) is 0.629. The van der Waals surface area contributed by atoms with Crippen molar-refractivity contribution in [3.63, 3.8) is 0 Å². The summed E-state index contributed by atoms with van der Waals surface area (Å²) in [5, 5.41) is 9.42. The fourth-order valence-corrected chi connectivity index (χ4v) is 2.16. The Labute approximate surface area is 141 Å². The highest BCUT2D eigenvalue weighted by Crippen LogP contribution is 2.11. The third kappa shape index (κ3) is 7.45. The van der Waals surface area contributed by atoms with Crippen LogP contribution in [0.1, 0.15) is 37.6 Å². The van der Waals surface area contributed by atoms with Gasteiger partial charge in [0.15, 0.2) is 5.96 Å². The Morgan fingerprint density at radius 3 is 2.50 bits per heavy atom. The highest BCUT2D eigenvalue weighted by molar-refractivity contribution is 9.10. The molecule has 3 N–H and O–H groups in total. The zero-order chi connectivity index (χ0) is 16.6. The molecule has 1 amide bonds. The maximum atomic E-state index is 11.9. The predicted octanol–water partition coefficient (Wildman–Crippen LogP) is 2.53. The molecule has 0 fully saturated rings. The number of nitrogens with one attached hydrogen (secondary N) is 3. The van der Waals surface area contributed by atoms with Crippen LogP contribution in [0.4, 0.5) is 0 Å². The van der Waals surface area contributed by atoms with Gasteiger partial charge < -0.3 is 16.0 Å². The number of rotatable bonds is 5.